The Labute approximate surface area is 249 Å². The van der Waals surface area contributed by atoms with Gasteiger partial charge in [0.25, 0.3) is 5.91 Å². The third kappa shape index (κ3) is 6.83. The SMILES string of the molecule is C[C@@H]1[C@@H]([Si](C)(C)F)[C@H](CC(=O)N2Cc3ccccc3C[C@H]2CO)O[C@@H]1CCc1ccc(NC(=O)c2ccccc2)cc1. The van der Waals surface area contributed by atoms with Crippen molar-refractivity contribution in [3.63, 3.8) is 0 Å². The van der Waals surface area contributed by atoms with E-state index in [2.05, 4.69) is 12.2 Å². The summed E-state index contributed by atoms with van der Waals surface area (Å²) in [6.07, 6.45) is 1.59. The number of aryl methyl sites for hydroxylation is 1. The molecular formula is C34H41FN2O4Si. The second-order valence-electron chi connectivity index (χ2n) is 12.3. The molecule has 0 aromatic heterocycles. The third-order valence-corrected chi connectivity index (χ3v) is 11.4. The summed E-state index contributed by atoms with van der Waals surface area (Å²) in [4.78, 5) is 27.8. The number of anilines is 1. The monoisotopic (exact) mass is 588 g/mol. The zero-order chi connectivity index (χ0) is 29.9. The van der Waals surface area contributed by atoms with Gasteiger partial charge in [0.15, 0.2) is 0 Å². The Morgan fingerprint density at radius 2 is 1.64 bits per heavy atom. The lowest BCUT2D eigenvalue weighted by atomic mass is 9.93. The first-order chi connectivity index (χ1) is 20.1. The van der Waals surface area contributed by atoms with Gasteiger partial charge in [0.2, 0.25) is 14.3 Å². The van der Waals surface area contributed by atoms with Crippen LogP contribution in [-0.4, -0.2) is 55.1 Å². The molecule has 0 unspecified atom stereocenters. The number of fused-ring (bicyclic) bond motifs is 1. The summed E-state index contributed by atoms with van der Waals surface area (Å²) in [5.74, 6) is -0.243. The van der Waals surface area contributed by atoms with Crippen molar-refractivity contribution in [3.8, 4) is 0 Å². The van der Waals surface area contributed by atoms with Crippen molar-refractivity contribution in [2.45, 2.75) is 76.0 Å². The average molecular weight is 589 g/mol. The number of halogens is 1. The van der Waals surface area contributed by atoms with E-state index in [0.29, 0.717) is 18.5 Å². The molecule has 3 aromatic rings. The van der Waals surface area contributed by atoms with E-state index in [1.807, 2.05) is 66.7 Å². The van der Waals surface area contributed by atoms with Crippen molar-refractivity contribution in [2.24, 2.45) is 5.92 Å². The molecule has 6 nitrogen and oxygen atoms in total. The molecule has 222 valence electrons. The number of carbonyl (C=O) groups is 2. The minimum Gasteiger partial charge on any atom is -0.394 e. The molecule has 0 spiro atoms. The predicted octanol–water partition coefficient (Wildman–Crippen LogP) is 6.16. The first kappa shape index (κ1) is 30.1. The summed E-state index contributed by atoms with van der Waals surface area (Å²) in [5.41, 5.74) is 4.40. The van der Waals surface area contributed by atoms with Crippen LogP contribution in [0.15, 0.2) is 78.9 Å². The standard InChI is InChI=1S/C34H41FN2O4Si/c1-23-30(18-15-24-13-16-28(17-14-24)36-34(40)25-9-5-4-6-10-25)41-31(33(23)42(2,3)35)20-32(39)37-21-27-12-8-7-11-26(27)19-29(37)22-38/h4-14,16-17,23,29-31,33,38H,15,18-22H2,1-3H3,(H,36,40)/t23-,29-,30+,31-,33+/m0/s1. The Kier molecular flexibility index (Phi) is 9.25. The van der Waals surface area contributed by atoms with Crippen molar-refractivity contribution >= 4 is 25.9 Å². The van der Waals surface area contributed by atoms with Gasteiger partial charge in [-0.2, -0.15) is 0 Å². The van der Waals surface area contributed by atoms with Crippen LogP contribution in [0.4, 0.5) is 9.80 Å². The van der Waals surface area contributed by atoms with E-state index < -0.39 is 14.5 Å². The predicted molar refractivity (Wildman–Crippen MR) is 166 cm³/mol. The molecule has 8 heteroatoms. The minimum absolute atomic E-state index is 0.00498. The van der Waals surface area contributed by atoms with Gasteiger partial charge in [-0.3, -0.25) is 9.59 Å². The zero-order valence-electron chi connectivity index (χ0n) is 24.6. The maximum Gasteiger partial charge on any atom is 0.255 e. The Morgan fingerprint density at radius 1 is 0.976 bits per heavy atom. The van der Waals surface area contributed by atoms with Gasteiger partial charge < -0.3 is 24.2 Å². The quantitative estimate of drug-likeness (QED) is 0.232. The smallest absolute Gasteiger partial charge is 0.255 e. The molecule has 2 aliphatic heterocycles. The summed E-state index contributed by atoms with van der Waals surface area (Å²) < 4.78 is 22.2. The highest BCUT2D eigenvalue weighted by molar-refractivity contribution is 6.72. The van der Waals surface area contributed by atoms with Gasteiger partial charge in [-0.1, -0.05) is 61.5 Å². The fourth-order valence-corrected chi connectivity index (χ4v) is 9.31. The number of nitrogens with zero attached hydrogens (tertiary/aromatic N) is 1. The summed E-state index contributed by atoms with van der Waals surface area (Å²) in [7, 11) is -3.14. The first-order valence-electron chi connectivity index (χ1n) is 14.9. The normalized spacial score (nSPS) is 23.8. The van der Waals surface area contributed by atoms with E-state index in [0.717, 1.165) is 35.2 Å². The van der Waals surface area contributed by atoms with Crippen LogP contribution < -0.4 is 5.32 Å². The molecule has 0 aliphatic carbocycles. The Balaban J connectivity index is 1.21. The highest BCUT2D eigenvalue weighted by atomic mass is 28.4. The number of benzene rings is 3. The number of nitrogens with one attached hydrogen (secondary N) is 1. The van der Waals surface area contributed by atoms with Gasteiger partial charge >= 0.3 is 0 Å². The third-order valence-electron chi connectivity index (χ3n) is 8.92. The van der Waals surface area contributed by atoms with Gasteiger partial charge in [0, 0.05) is 23.3 Å². The summed E-state index contributed by atoms with van der Waals surface area (Å²) in [5, 5.41) is 13.0. The Morgan fingerprint density at radius 3 is 2.31 bits per heavy atom. The summed E-state index contributed by atoms with van der Waals surface area (Å²) in [6.45, 7) is 5.84. The second-order valence-corrected chi connectivity index (χ2v) is 16.0. The molecule has 0 bridgehead atoms. The topological polar surface area (TPSA) is 78.9 Å². The molecule has 1 fully saturated rings. The van der Waals surface area contributed by atoms with Crippen LogP contribution in [0.1, 0.15) is 46.8 Å². The molecule has 3 aromatic carbocycles. The maximum atomic E-state index is 15.7. The molecule has 2 heterocycles. The zero-order valence-corrected chi connectivity index (χ0v) is 25.6. The maximum absolute atomic E-state index is 15.7. The Hall–Kier alpha value is -3.33. The molecule has 5 rings (SSSR count). The van der Waals surface area contributed by atoms with Crippen LogP contribution >= 0.6 is 0 Å². The average Bonchev–Trinajstić information content (AvgIpc) is 3.31. The van der Waals surface area contributed by atoms with E-state index in [1.54, 1.807) is 30.1 Å². The number of aliphatic hydroxyl groups excluding tert-OH is 1. The molecule has 2 N–H and O–H groups in total. The number of hydrogen-bond donors (Lipinski definition) is 2. The first-order valence-corrected chi connectivity index (χ1v) is 17.9. The highest BCUT2D eigenvalue weighted by Gasteiger charge is 2.52. The minimum atomic E-state index is -3.14. The number of hydrogen-bond acceptors (Lipinski definition) is 4. The molecule has 5 atom stereocenters. The van der Waals surface area contributed by atoms with Crippen molar-refractivity contribution < 1.29 is 23.5 Å². The van der Waals surface area contributed by atoms with Gasteiger partial charge in [-0.15, -0.1) is 0 Å². The van der Waals surface area contributed by atoms with Gasteiger partial charge in [0.1, 0.15) is 0 Å². The molecule has 0 saturated carbocycles. The van der Waals surface area contributed by atoms with Crippen LogP contribution in [0.25, 0.3) is 0 Å². The number of carbonyl (C=O) groups excluding carboxylic acids is 2. The molecule has 2 aliphatic rings. The molecule has 1 saturated heterocycles. The van der Waals surface area contributed by atoms with E-state index in [-0.39, 0.29) is 48.4 Å². The van der Waals surface area contributed by atoms with Crippen LogP contribution in [0.2, 0.25) is 18.6 Å². The van der Waals surface area contributed by atoms with Crippen LogP contribution in [0.3, 0.4) is 0 Å². The van der Waals surface area contributed by atoms with Gasteiger partial charge in [-0.25, -0.2) is 0 Å². The van der Waals surface area contributed by atoms with Crippen LogP contribution in [-0.2, 0) is 28.9 Å². The summed E-state index contributed by atoms with van der Waals surface area (Å²) >= 11 is 0. The summed E-state index contributed by atoms with van der Waals surface area (Å²) in [6, 6.07) is 24.6. The van der Waals surface area contributed by atoms with Crippen molar-refractivity contribution in [2.75, 3.05) is 11.9 Å². The lowest BCUT2D eigenvalue weighted by Gasteiger charge is -2.37. The second kappa shape index (κ2) is 12.9. The van der Waals surface area contributed by atoms with E-state index >= 15 is 4.11 Å². The number of aliphatic hydroxyl groups is 1. The highest BCUT2D eigenvalue weighted by Crippen LogP contribution is 2.47. The number of amides is 2. The molecule has 42 heavy (non-hydrogen) atoms. The van der Waals surface area contributed by atoms with Crippen molar-refractivity contribution in [1.29, 1.82) is 0 Å². The number of rotatable bonds is 9. The van der Waals surface area contributed by atoms with E-state index in [1.165, 1.54) is 0 Å². The van der Waals surface area contributed by atoms with Gasteiger partial charge in [-0.05, 0) is 79.2 Å². The van der Waals surface area contributed by atoms with Crippen LogP contribution in [0, 0.1) is 5.92 Å². The van der Waals surface area contributed by atoms with Crippen molar-refractivity contribution in [1.82, 2.24) is 4.90 Å². The lowest BCUT2D eigenvalue weighted by Crippen LogP contribution is -2.48. The molecule has 0 radical (unpaired) electrons. The Bertz CT molecular complexity index is 1380. The largest absolute Gasteiger partial charge is 0.394 e. The fraction of sp³-hybridized carbons (Fsp3) is 0.412. The van der Waals surface area contributed by atoms with Crippen molar-refractivity contribution in [3.05, 3.63) is 101 Å². The van der Waals surface area contributed by atoms with Gasteiger partial charge in [0.05, 0.1) is 31.3 Å². The van der Waals surface area contributed by atoms with E-state index in [9.17, 15) is 14.7 Å². The molecule has 2 amide bonds. The molecular weight excluding hydrogens is 547 g/mol. The van der Waals surface area contributed by atoms with Crippen LogP contribution in [0.5, 0.6) is 0 Å². The van der Waals surface area contributed by atoms with E-state index in [4.69, 9.17) is 4.74 Å². The lowest BCUT2D eigenvalue weighted by molar-refractivity contribution is -0.138. The fourth-order valence-electron chi connectivity index (χ4n) is 6.76. The number of ether oxygens (including phenoxy) is 1.